The Kier molecular flexibility index (Phi) is 5.88. The Morgan fingerprint density at radius 1 is 1.48 bits per heavy atom. The highest BCUT2D eigenvalue weighted by Crippen LogP contribution is 2.31. The van der Waals surface area contributed by atoms with Crippen LogP contribution in [0.2, 0.25) is 0 Å². The molecular weight excluding hydrogens is 342 g/mol. The van der Waals surface area contributed by atoms with Gasteiger partial charge in [-0.3, -0.25) is 5.41 Å². The molecule has 2 aromatic rings. The van der Waals surface area contributed by atoms with E-state index in [1.165, 1.54) is 0 Å². The van der Waals surface area contributed by atoms with Crippen LogP contribution in [-0.2, 0) is 0 Å². The molecule has 1 aliphatic heterocycles. The molecule has 1 aliphatic rings. The highest BCUT2D eigenvalue weighted by molar-refractivity contribution is 6.07. The Labute approximate surface area is 159 Å². The minimum atomic E-state index is -0.00192. The summed E-state index contributed by atoms with van der Waals surface area (Å²) in [7, 11) is 1.91. The average Bonchev–Trinajstić information content (AvgIpc) is 3.21. The molecule has 3 rings (SSSR count). The van der Waals surface area contributed by atoms with Crippen molar-refractivity contribution in [3.8, 4) is 0 Å². The minimum Gasteiger partial charge on any atom is -0.424 e. The fraction of sp³-hybridized carbons (Fsp3) is 0.421. The van der Waals surface area contributed by atoms with Crippen molar-refractivity contribution in [2.75, 3.05) is 25.9 Å². The number of rotatable bonds is 8. The number of nitrogens with two attached hydrogens (primary N) is 1. The van der Waals surface area contributed by atoms with Crippen LogP contribution in [0.1, 0.15) is 31.7 Å². The van der Waals surface area contributed by atoms with Gasteiger partial charge in [0.15, 0.2) is 11.4 Å². The van der Waals surface area contributed by atoms with E-state index in [2.05, 4.69) is 39.4 Å². The molecule has 1 atom stereocenters. The Bertz CT molecular complexity index is 870. The van der Waals surface area contributed by atoms with Gasteiger partial charge in [0.1, 0.15) is 5.52 Å². The molecule has 0 saturated heterocycles. The summed E-state index contributed by atoms with van der Waals surface area (Å²) >= 11 is 0. The number of hydrazine groups is 1. The number of aromatic nitrogens is 1. The van der Waals surface area contributed by atoms with E-state index < -0.39 is 0 Å². The number of benzene rings is 1. The predicted molar refractivity (Wildman–Crippen MR) is 110 cm³/mol. The van der Waals surface area contributed by atoms with Gasteiger partial charge in [-0.15, -0.1) is 0 Å². The molecule has 144 valence electrons. The number of nitrogens with zero attached hydrogens (tertiary/aromatic N) is 3. The first-order valence-corrected chi connectivity index (χ1v) is 9.23. The molecule has 0 fully saturated rings. The number of amidine groups is 1. The van der Waals surface area contributed by atoms with E-state index in [1.807, 2.05) is 25.2 Å². The molecule has 1 unspecified atom stereocenters. The SMILES string of the molecule is C=NC(=N)C1=C(c2ccc3oc(N)nc3c2)NN(CCCCC)C1CNC. The smallest absolute Gasteiger partial charge is 0.292 e. The summed E-state index contributed by atoms with van der Waals surface area (Å²) in [5, 5.41) is 13.8. The van der Waals surface area contributed by atoms with E-state index in [1.54, 1.807) is 0 Å². The van der Waals surface area contributed by atoms with Gasteiger partial charge in [0, 0.05) is 24.2 Å². The number of oxazole rings is 1. The summed E-state index contributed by atoms with van der Waals surface area (Å²) in [5.41, 5.74) is 13.1. The van der Waals surface area contributed by atoms with Crippen LogP contribution in [0.15, 0.2) is 33.2 Å². The van der Waals surface area contributed by atoms with Crippen molar-refractivity contribution >= 4 is 35.4 Å². The lowest BCUT2D eigenvalue weighted by Crippen LogP contribution is -2.45. The van der Waals surface area contributed by atoms with Crippen LogP contribution in [0.3, 0.4) is 0 Å². The first-order valence-electron chi connectivity index (χ1n) is 9.23. The van der Waals surface area contributed by atoms with Gasteiger partial charge < -0.3 is 20.9 Å². The third-order valence-electron chi connectivity index (χ3n) is 4.74. The number of aliphatic imine (C=N–C) groups is 1. The number of nitrogen functional groups attached to an aromatic ring is 1. The van der Waals surface area contributed by atoms with Gasteiger partial charge in [-0.2, -0.15) is 4.98 Å². The quantitative estimate of drug-likeness (QED) is 0.323. The number of likely N-dealkylation sites (N-methyl/N-ethyl adjacent to an activating group) is 1. The maximum absolute atomic E-state index is 8.36. The molecule has 8 nitrogen and oxygen atoms in total. The van der Waals surface area contributed by atoms with E-state index >= 15 is 0 Å². The molecule has 1 aromatic heterocycles. The van der Waals surface area contributed by atoms with Crippen molar-refractivity contribution in [2.24, 2.45) is 4.99 Å². The van der Waals surface area contributed by atoms with Crippen molar-refractivity contribution < 1.29 is 4.42 Å². The van der Waals surface area contributed by atoms with E-state index in [4.69, 9.17) is 15.6 Å². The van der Waals surface area contributed by atoms with Gasteiger partial charge in [-0.1, -0.05) is 19.8 Å². The van der Waals surface area contributed by atoms with Crippen LogP contribution in [0.25, 0.3) is 16.8 Å². The topological polar surface area (TPSA) is 116 Å². The van der Waals surface area contributed by atoms with Crippen molar-refractivity contribution in [2.45, 2.75) is 32.2 Å². The molecule has 5 N–H and O–H groups in total. The zero-order valence-electron chi connectivity index (χ0n) is 15.9. The average molecular weight is 369 g/mol. The molecule has 2 heterocycles. The number of nitrogens with one attached hydrogen (secondary N) is 3. The number of unbranched alkanes of at least 4 members (excludes halogenated alkanes) is 2. The normalized spacial score (nSPS) is 17.5. The first-order chi connectivity index (χ1) is 13.1. The Morgan fingerprint density at radius 2 is 2.30 bits per heavy atom. The molecule has 1 aromatic carbocycles. The maximum Gasteiger partial charge on any atom is 0.292 e. The second-order valence-electron chi connectivity index (χ2n) is 6.62. The van der Waals surface area contributed by atoms with Crippen molar-refractivity contribution in [3.63, 3.8) is 0 Å². The monoisotopic (exact) mass is 369 g/mol. The Balaban J connectivity index is 2.01. The van der Waals surface area contributed by atoms with E-state index in [9.17, 15) is 0 Å². The highest BCUT2D eigenvalue weighted by Gasteiger charge is 2.34. The third-order valence-corrected chi connectivity index (χ3v) is 4.74. The number of hydrogen-bond acceptors (Lipinski definition) is 7. The molecule has 0 amide bonds. The standard InChI is InChI=1S/C19H27N7O/c1-4-5-6-9-26-14(11-22-2)16(18(20)23-3)17(25-26)12-7-8-15-13(10-12)24-19(21)27-15/h7-8,10,14,20,22,25H,3-6,9,11H2,1-2H3,(H2,21,24). The Morgan fingerprint density at radius 3 is 3.00 bits per heavy atom. The fourth-order valence-corrected chi connectivity index (χ4v) is 3.44. The van der Waals surface area contributed by atoms with Gasteiger partial charge >= 0.3 is 0 Å². The van der Waals surface area contributed by atoms with Gasteiger partial charge in [-0.25, -0.2) is 10.0 Å². The number of anilines is 1. The summed E-state index contributed by atoms with van der Waals surface area (Å²) in [6.45, 7) is 7.34. The largest absolute Gasteiger partial charge is 0.424 e. The lowest BCUT2D eigenvalue weighted by molar-refractivity contribution is 0.196. The lowest BCUT2D eigenvalue weighted by atomic mass is 10.0. The fourth-order valence-electron chi connectivity index (χ4n) is 3.44. The van der Waals surface area contributed by atoms with Crippen LogP contribution >= 0.6 is 0 Å². The van der Waals surface area contributed by atoms with Gasteiger partial charge in [0.05, 0.1) is 11.7 Å². The zero-order valence-corrected chi connectivity index (χ0v) is 15.9. The third kappa shape index (κ3) is 3.86. The first kappa shape index (κ1) is 19.1. The minimum absolute atomic E-state index is 0.00192. The summed E-state index contributed by atoms with van der Waals surface area (Å²) in [6, 6.07) is 5.85. The van der Waals surface area contributed by atoms with Crippen molar-refractivity contribution in [1.29, 1.82) is 5.41 Å². The van der Waals surface area contributed by atoms with Crippen LogP contribution in [-0.4, -0.2) is 48.7 Å². The molecule has 0 saturated carbocycles. The second kappa shape index (κ2) is 8.32. The molecule has 8 heteroatoms. The molecular formula is C19H27N7O. The maximum atomic E-state index is 8.36. The molecule has 27 heavy (non-hydrogen) atoms. The van der Waals surface area contributed by atoms with Crippen LogP contribution < -0.4 is 16.5 Å². The molecule has 0 radical (unpaired) electrons. The molecule has 0 bridgehead atoms. The zero-order chi connectivity index (χ0) is 19.4. The van der Waals surface area contributed by atoms with Crippen LogP contribution in [0.4, 0.5) is 6.01 Å². The molecule has 0 spiro atoms. The number of fused-ring (bicyclic) bond motifs is 1. The van der Waals surface area contributed by atoms with E-state index in [0.29, 0.717) is 17.6 Å². The second-order valence-corrected chi connectivity index (χ2v) is 6.62. The van der Waals surface area contributed by atoms with Crippen LogP contribution in [0, 0.1) is 5.41 Å². The lowest BCUT2D eigenvalue weighted by Gasteiger charge is -2.26. The van der Waals surface area contributed by atoms with Gasteiger partial charge in [0.2, 0.25) is 0 Å². The predicted octanol–water partition coefficient (Wildman–Crippen LogP) is 2.40. The van der Waals surface area contributed by atoms with Gasteiger partial charge in [-0.05, 0) is 38.4 Å². The Hall–Kier alpha value is -2.71. The van der Waals surface area contributed by atoms with Crippen LogP contribution in [0.5, 0.6) is 0 Å². The van der Waals surface area contributed by atoms with E-state index in [0.717, 1.165) is 42.6 Å². The van der Waals surface area contributed by atoms with E-state index in [-0.39, 0.29) is 17.9 Å². The number of hydrogen-bond donors (Lipinski definition) is 4. The summed E-state index contributed by atoms with van der Waals surface area (Å²) in [5.74, 6) is 0.176. The summed E-state index contributed by atoms with van der Waals surface area (Å²) in [4.78, 5) is 8.12. The molecule has 0 aliphatic carbocycles. The summed E-state index contributed by atoms with van der Waals surface area (Å²) < 4.78 is 5.37. The van der Waals surface area contributed by atoms with Crippen molar-refractivity contribution in [3.05, 3.63) is 29.3 Å². The highest BCUT2D eigenvalue weighted by atomic mass is 16.4. The summed E-state index contributed by atoms with van der Waals surface area (Å²) in [6.07, 6.45) is 3.40. The van der Waals surface area contributed by atoms with Crippen molar-refractivity contribution in [1.82, 2.24) is 20.7 Å². The van der Waals surface area contributed by atoms with Gasteiger partial charge in [0.25, 0.3) is 6.01 Å².